The van der Waals surface area contributed by atoms with Gasteiger partial charge in [-0.2, -0.15) is 5.26 Å². The van der Waals surface area contributed by atoms with Crippen LogP contribution in [0.2, 0.25) is 0 Å². The standard InChI is InChI=1S/C29H34N4O3S/c1-3-4-8-22-14-13-21(18-30)28(31-22)37-19-27(35)32(23-9-6-5-7-10-23)25-17-26(34)33(29(25)36)24-15-11-20(2)12-16-24/h11-16,23,25H,3-10,17,19H2,1-2H3. The van der Waals surface area contributed by atoms with E-state index in [4.69, 9.17) is 0 Å². The number of carbonyl (C=O) groups excluding carboxylic acids is 3. The Labute approximate surface area is 223 Å². The monoisotopic (exact) mass is 518 g/mol. The van der Waals surface area contributed by atoms with Gasteiger partial charge in [0.2, 0.25) is 11.8 Å². The predicted octanol–water partition coefficient (Wildman–Crippen LogP) is 5.19. The fourth-order valence-electron chi connectivity index (χ4n) is 5.17. The number of rotatable bonds is 9. The first-order valence-electron chi connectivity index (χ1n) is 13.2. The molecule has 0 spiro atoms. The second kappa shape index (κ2) is 12.4. The van der Waals surface area contributed by atoms with E-state index in [1.165, 1.54) is 16.7 Å². The van der Waals surface area contributed by atoms with Crippen molar-refractivity contribution in [3.63, 3.8) is 0 Å². The van der Waals surface area contributed by atoms with Crippen LogP contribution in [0.1, 0.15) is 75.1 Å². The topological polar surface area (TPSA) is 94.4 Å². The van der Waals surface area contributed by atoms with Crippen molar-refractivity contribution >= 4 is 35.2 Å². The molecule has 0 bridgehead atoms. The molecule has 1 saturated heterocycles. The lowest BCUT2D eigenvalue weighted by Crippen LogP contribution is -2.52. The number of aromatic nitrogens is 1. The summed E-state index contributed by atoms with van der Waals surface area (Å²) in [6, 6.07) is 12.2. The maximum atomic E-state index is 13.7. The SMILES string of the molecule is CCCCc1ccc(C#N)c(SCC(=O)N(C2CCCCC2)C2CC(=O)N(c3ccc(C)cc3)C2=O)n1. The summed E-state index contributed by atoms with van der Waals surface area (Å²) in [6.45, 7) is 4.07. The number of hydrogen-bond donors (Lipinski definition) is 0. The second-order valence-corrected chi connectivity index (χ2v) is 10.8. The molecule has 7 nitrogen and oxygen atoms in total. The Morgan fingerprint density at radius 1 is 1.14 bits per heavy atom. The number of carbonyl (C=O) groups is 3. The van der Waals surface area contributed by atoms with Crippen molar-refractivity contribution in [3.8, 4) is 6.07 Å². The highest BCUT2D eigenvalue weighted by molar-refractivity contribution is 8.00. The van der Waals surface area contributed by atoms with Crippen molar-refractivity contribution in [2.45, 2.75) is 88.7 Å². The molecule has 1 aliphatic heterocycles. The summed E-state index contributed by atoms with van der Waals surface area (Å²) in [5.41, 5.74) is 2.94. The number of nitrogens with zero attached hydrogens (tertiary/aromatic N) is 4. The highest BCUT2D eigenvalue weighted by Crippen LogP contribution is 2.32. The molecule has 1 unspecified atom stereocenters. The van der Waals surface area contributed by atoms with Crippen LogP contribution in [0.4, 0.5) is 5.69 Å². The van der Waals surface area contributed by atoms with Crippen LogP contribution in [0.25, 0.3) is 0 Å². The number of hydrogen-bond acceptors (Lipinski definition) is 6. The van der Waals surface area contributed by atoms with Crippen molar-refractivity contribution in [3.05, 3.63) is 53.2 Å². The molecule has 4 rings (SSSR count). The molecule has 2 aliphatic rings. The van der Waals surface area contributed by atoms with E-state index in [1.54, 1.807) is 23.1 Å². The first kappa shape index (κ1) is 26.9. The Hall–Kier alpha value is -3.18. The van der Waals surface area contributed by atoms with Gasteiger partial charge in [-0.05, 0) is 56.9 Å². The number of nitriles is 1. The Balaban J connectivity index is 1.55. The van der Waals surface area contributed by atoms with Crippen LogP contribution in [0.3, 0.4) is 0 Å². The normalized spacial score (nSPS) is 18.2. The Bertz CT molecular complexity index is 1180. The molecule has 0 N–H and O–H groups in total. The molecule has 1 aromatic carbocycles. The van der Waals surface area contributed by atoms with Gasteiger partial charge < -0.3 is 4.90 Å². The average Bonchev–Trinajstić information content (AvgIpc) is 3.20. The van der Waals surface area contributed by atoms with Crippen LogP contribution in [0, 0.1) is 18.3 Å². The molecule has 2 heterocycles. The first-order valence-corrected chi connectivity index (χ1v) is 14.2. The summed E-state index contributed by atoms with van der Waals surface area (Å²) in [4.78, 5) is 47.8. The molecule has 1 aliphatic carbocycles. The lowest BCUT2D eigenvalue weighted by molar-refractivity contribution is -0.139. The van der Waals surface area contributed by atoms with Gasteiger partial charge in [0.25, 0.3) is 5.91 Å². The van der Waals surface area contributed by atoms with E-state index < -0.39 is 6.04 Å². The lowest BCUT2D eigenvalue weighted by Gasteiger charge is -2.37. The second-order valence-electron chi connectivity index (χ2n) is 9.88. The molecule has 37 heavy (non-hydrogen) atoms. The molecule has 1 saturated carbocycles. The van der Waals surface area contributed by atoms with Crippen LogP contribution in [-0.4, -0.2) is 45.4 Å². The van der Waals surface area contributed by atoms with Gasteiger partial charge >= 0.3 is 0 Å². The Morgan fingerprint density at radius 2 is 1.86 bits per heavy atom. The van der Waals surface area contributed by atoms with Crippen LogP contribution in [-0.2, 0) is 20.8 Å². The van der Waals surface area contributed by atoms with Gasteiger partial charge in [0.1, 0.15) is 17.1 Å². The van der Waals surface area contributed by atoms with E-state index >= 15 is 0 Å². The maximum Gasteiger partial charge on any atom is 0.257 e. The third kappa shape index (κ3) is 6.22. The number of unbranched alkanes of at least 4 members (excludes halogenated alkanes) is 1. The van der Waals surface area contributed by atoms with Gasteiger partial charge in [-0.15, -0.1) is 0 Å². The highest BCUT2D eigenvalue weighted by Gasteiger charge is 2.46. The van der Waals surface area contributed by atoms with Crippen LogP contribution < -0.4 is 4.90 Å². The van der Waals surface area contributed by atoms with Gasteiger partial charge in [0.05, 0.1) is 23.4 Å². The van der Waals surface area contributed by atoms with Crippen molar-refractivity contribution < 1.29 is 14.4 Å². The van der Waals surface area contributed by atoms with Crippen LogP contribution in [0.5, 0.6) is 0 Å². The smallest absolute Gasteiger partial charge is 0.257 e. The number of anilines is 1. The summed E-state index contributed by atoms with van der Waals surface area (Å²) in [5, 5.41) is 10.1. The molecule has 2 fully saturated rings. The fourth-order valence-corrected chi connectivity index (χ4v) is 6.03. The molecule has 1 aromatic heterocycles. The molecule has 3 amide bonds. The Kier molecular flexibility index (Phi) is 8.99. The van der Waals surface area contributed by atoms with Crippen molar-refractivity contribution in [2.75, 3.05) is 10.7 Å². The van der Waals surface area contributed by atoms with Crippen molar-refractivity contribution in [1.82, 2.24) is 9.88 Å². The number of aryl methyl sites for hydroxylation is 2. The number of imide groups is 1. The van der Waals surface area contributed by atoms with Crippen LogP contribution >= 0.6 is 11.8 Å². The van der Waals surface area contributed by atoms with Crippen molar-refractivity contribution in [2.24, 2.45) is 0 Å². The zero-order valence-corrected chi connectivity index (χ0v) is 22.4. The summed E-state index contributed by atoms with van der Waals surface area (Å²) in [5.74, 6) is -0.733. The highest BCUT2D eigenvalue weighted by atomic mass is 32.2. The minimum absolute atomic E-state index is 0.00614. The van der Waals surface area contributed by atoms with E-state index in [-0.39, 0.29) is 35.9 Å². The zero-order chi connectivity index (χ0) is 26.4. The molecule has 8 heteroatoms. The first-order chi connectivity index (χ1) is 17.9. The van der Waals surface area contributed by atoms with E-state index in [2.05, 4.69) is 18.0 Å². The fraction of sp³-hybridized carbons (Fsp3) is 0.483. The molecule has 2 aromatic rings. The summed E-state index contributed by atoms with van der Waals surface area (Å²) in [6.07, 6.45) is 7.63. The van der Waals surface area contributed by atoms with Crippen molar-refractivity contribution in [1.29, 1.82) is 5.26 Å². The number of amides is 3. The van der Waals surface area contributed by atoms with Gasteiger partial charge in [0.15, 0.2) is 0 Å². The third-order valence-electron chi connectivity index (χ3n) is 7.16. The number of thioether (sulfide) groups is 1. The van der Waals surface area contributed by atoms with E-state index in [9.17, 15) is 19.6 Å². The lowest BCUT2D eigenvalue weighted by atomic mass is 9.92. The number of pyridine rings is 1. The molecule has 194 valence electrons. The van der Waals surface area contributed by atoms with Gasteiger partial charge in [-0.1, -0.05) is 62.1 Å². The summed E-state index contributed by atoms with van der Waals surface area (Å²) < 4.78 is 0. The third-order valence-corrected chi connectivity index (χ3v) is 8.14. The quantitative estimate of drug-likeness (QED) is 0.335. The molecular formula is C29H34N4O3S. The summed E-state index contributed by atoms with van der Waals surface area (Å²) in [7, 11) is 0. The zero-order valence-electron chi connectivity index (χ0n) is 21.6. The average molecular weight is 519 g/mol. The largest absolute Gasteiger partial charge is 0.326 e. The van der Waals surface area contributed by atoms with Gasteiger partial charge in [0, 0.05) is 11.7 Å². The molecular weight excluding hydrogens is 484 g/mol. The van der Waals surface area contributed by atoms with Gasteiger partial charge in [-0.3, -0.25) is 14.4 Å². The minimum atomic E-state index is -0.802. The van der Waals surface area contributed by atoms with Crippen LogP contribution in [0.15, 0.2) is 41.4 Å². The molecule has 0 radical (unpaired) electrons. The minimum Gasteiger partial charge on any atom is -0.326 e. The summed E-state index contributed by atoms with van der Waals surface area (Å²) >= 11 is 1.24. The number of benzene rings is 1. The van der Waals surface area contributed by atoms with E-state index in [1.807, 2.05) is 25.1 Å². The molecule has 1 atom stereocenters. The van der Waals surface area contributed by atoms with Gasteiger partial charge in [-0.25, -0.2) is 9.88 Å². The van der Waals surface area contributed by atoms with E-state index in [0.717, 1.165) is 62.6 Å². The maximum absolute atomic E-state index is 13.7. The predicted molar refractivity (Wildman–Crippen MR) is 144 cm³/mol. The van der Waals surface area contributed by atoms with E-state index in [0.29, 0.717) is 16.3 Å². The Morgan fingerprint density at radius 3 is 2.54 bits per heavy atom.